The number of unbranched alkanes of at least 4 members (excludes halogenated alkanes) is 10. The summed E-state index contributed by atoms with van der Waals surface area (Å²) in [6, 6.07) is 25.4. The van der Waals surface area contributed by atoms with Gasteiger partial charge in [0, 0.05) is 0 Å². The summed E-state index contributed by atoms with van der Waals surface area (Å²) in [5.41, 5.74) is 7.87. The summed E-state index contributed by atoms with van der Waals surface area (Å²) in [5, 5.41) is 63.0. The number of aromatic carboxylic acids is 2. The van der Waals surface area contributed by atoms with E-state index in [1.165, 1.54) is 47.4 Å². The fourth-order valence-corrected chi connectivity index (χ4v) is 8.79. The Morgan fingerprint density at radius 1 is 0.453 bits per heavy atom. The molecular weight excluding hydrogens is 805 g/mol. The SMILES string of the molecule is CCCCCCCCc1cc(CCc2c(C(=O)O)ccc(C(=O)O)c2CCc2cc(CCCCCCCC)c(O)c(-n3nc4ccccc4n3)c2)cc(-n2nc3ccccc3n2)c1O. The second kappa shape index (κ2) is 21.7. The van der Waals surface area contributed by atoms with Crippen molar-refractivity contribution >= 4 is 34.0 Å². The van der Waals surface area contributed by atoms with Crippen LogP contribution in [0.2, 0.25) is 0 Å². The average molecular weight is 865 g/mol. The van der Waals surface area contributed by atoms with Crippen LogP contribution in [0.4, 0.5) is 0 Å². The first-order valence-corrected chi connectivity index (χ1v) is 23.1. The van der Waals surface area contributed by atoms with Crippen LogP contribution in [-0.4, -0.2) is 62.4 Å². The van der Waals surface area contributed by atoms with Crippen LogP contribution < -0.4 is 0 Å². The van der Waals surface area contributed by atoms with Crippen molar-refractivity contribution in [3.63, 3.8) is 0 Å². The van der Waals surface area contributed by atoms with Gasteiger partial charge in [0.1, 0.15) is 44.9 Å². The maximum absolute atomic E-state index is 12.9. The van der Waals surface area contributed by atoms with Gasteiger partial charge in [0.15, 0.2) is 0 Å². The standard InChI is InChI=1S/C52H60N6O6/c1-3-5-7-9-11-13-19-37-31-35(33-47(49(37)59)57-53-43-21-15-16-22-44(43)54-57)25-27-39-40(42(52(63)64)30-29-41(39)51(61)62)28-26-36-32-38(20-14-12-10-8-6-4-2)50(60)48(34-36)58-55-45-23-17-18-24-46(45)56-58/h15-18,21-24,29-34,59-60H,3-14,19-20,25-28H2,1-2H3,(H,61,62)(H,63,64). The predicted molar refractivity (Wildman–Crippen MR) is 250 cm³/mol. The number of hydrogen-bond donors (Lipinski definition) is 4. The van der Waals surface area contributed by atoms with Crippen LogP contribution in [0.1, 0.15) is 145 Å². The van der Waals surface area contributed by atoms with Crippen LogP contribution in [0.15, 0.2) is 84.9 Å². The third-order valence-corrected chi connectivity index (χ3v) is 12.3. The van der Waals surface area contributed by atoms with E-state index < -0.39 is 11.9 Å². The molecule has 0 bridgehead atoms. The van der Waals surface area contributed by atoms with Crippen LogP contribution in [0, 0.1) is 0 Å². The molecule has 12 heteroatoms. The topological polar surface area (TPSA) is 176 Å². The molecule has 334 valence electrons. The van der Waals surface area contributed by atoms with Gasteiger partial charge in [0.05, 0.1) is 11.1 Å². The van der Waals surface area contributed by atoms with Crippen molar-refractivity contribution in [3.8, 4) is 22.9 Å². The number of benzene rings is 5. The number of nitrogens with zero attached hydrogens (tertiary/aromatic N) is 6. The Labute approximate surface area is 374 Å². The van der Waals surface area contributed by atoms with Gasteiger partial charge in [-0.1, -0.05) is 114 Å². The number of carbonyl (C=O) groups is 2. The van der Waals surface area contributed by atoms with Crippen molar-refractivity contribution < 1.29 is 30.0 Å². The van der Waals surface area contributed by atoms with Gasteiger partial charge < -0.3 is 20.4 Å². The zero-order valence-corrected chi connectivity index (χ0v) is 37.1. The number of fused-ring (bicyclic) bond motifs is 2. The van der Waals surface area contributed by atoms with E-state index in [1.807, 2.05) is 72.8 Å². The van der Waals surface area contributed by atoms with Crippen molar-refractivity contribution in [2.24, 2.45) is 0 Å². The number of aromatic nitrogens is 6. The molecule has 0 spiro atoms. The molecule has 64 heavy (non-hydrogen) atoms. The highest BCUT2D eigenvalue weighted by Gasteiger charge is 2.23. The molecule has 0 atom stereocenters. The number of carboxylic acid groups (broad SMARTS) is 2. The highest BCUT2D eigenvalue weighted by Crippen LogP contribution is 2.34. The highest BCUT2D eigenvalue weighted by atomic mass is 16.4. The molecule has 7 rings (SSSR count). The Morgan fingerprint density at radius 3 is 1.14 bits per heavy atom. The van der Waals surface area contributed by atoms with Gasteiger partial charge >= 0.3 is 11.9 Å². The Hall–Kier alpha value is -6.56. The minimum absolute atomic E-state index is 0.0499. The molecule has 0 aliphatic heterocycles. The molecule has 12 nitrogen and oxygen atoms in total. The number of phenols is 2. The Balaban J connectivity index is 1.21. The summed E-state index contributed by atoms with van der Waals surface area (Å²) < 4.78 is 0. The fourth-order valence-electron chi connectivity index (χ4n) is 8.79. The Bertz CT molecular complexity index is 2470. The van der Waals surface area contributed by atoms with Crippen LogP contribution >= 0.6 is 0 Å². The quantitative estimate of drug-likeness (QED) is 0.0428. The molecule has 2 heterocycles. The average Bonchev–Trinajstić information content (AvgIpc) is 3.93. The number of carboxylic acids is 2. The summed E-state index contributed by atoms with van der Waals surface area (Å²) in [5.74, 6) is -2.05. The van der Waals surface area contributed by atoms with Gasteiger partial charge in [-0.2, -0.15) is 0 Å². The summed E-state index contributed by atoms with van der Waals surface area (Å²) >= 11 is 0. The Morgan fingerprint density at radius 2 is 0.797 bits per heavy atom. The second-order valence-corrected chi connectivity index (χ2v) is 17.0. The first-order chi connectivity index (χ1) is 31.1. The van der Waals surface area contributed by atoms with Crippen LogP contribution in [-0.2, 0) is 38.5 Å². The highest BCUT2D eigenvalue weighted by molar-refractivity contribution is 5.95. The van der Waals surface area contributed by atoms with Crippen molar-refractivity contribution in [2.75, 3.05) is 0 Å². The molecule has 0 unspecified atom stereocenters. The minimum Gasteiger partial charge on any atom is -0.505 e. The van der Waals surface area contributed by atoms with Crippen molar-refractivity contribution in [3.05, 3.63) is 129 Å². The lowest BCUT2D eigenvalue weighted by Gasteiger charge is -2.18. The van der Waals surface area contributed by atoms with Gasteiger partial charge in [-0.3, -0.25) is 0 Å². The second-order valence-electron chi connectivity index (χ2n) is 17.0. The van der Waals surface area contributed by atoms with E-state index in [4.69, 9.17) is 0 Å². The lowest BCUT2D eigenvalue weighted by molar-refractivity contribution is 0.0679. The van der Waals surface area contributed by atoms with E-state index in [2.05, 4.69) is 34.2 Å². The molecule has 0 amide bonds. The van der Waals surface area contributed by atoms with Crippen molar-refractivity contribution in [2.45, 2.75) is 129 Å². The minimum atomic E-state index is -1.14. The summed E-state index contributed by atoms with van der Waals surface area (Å²) in [4.78, 5) is 28.7. The van der Waals surface area contributed by atoms with E-state index in [-0.39, 0.29) is 35.5 Å². The third kappa shape index (κ3) is 11.0. The van der Waals surface area contributed by atoms with E-state index in [0.717, 1.165) is 73.6 Å². The molecule has 7 aromatic rings. The number of aromatic hydroxyl groups is 2. The number of hydrogen-bond acceptors (Lipinski definition) is 8. The van der Waals surface area contributed by atoms with Gasteiger partial charge in [0.2, 0.25) is 0 Å². The van der Waals surface area contributed by atoms with E-state index in [9.17, 15) is 30.0 Å². The zero-order valence-electron chi connectivity index (χ0n) is 37.1. The third-order valence-electron chi connectivity index (χ3n) is 12.3. The number of phenolic OH excluding ortho intramolecular Hbond substituents is 2. The monoisotopic (exact) mass is 864 g/mol. The molecular formula is C52H60N6O6. The molecule has 0 aliphatic rings. The molecule has 5 aromatic carbocycles. The lowest BCUT2D eigenvalue weighted by Crippen LogP contribution is -2.14. The van der Waals surface area contributed by atoms with Crippen LogP contribution in [0.25, 0.3) is 33.4 Å². The molecule has 0 radical (unpaired) electrons. The van der Waals surface area contributed by atoms with Crippen molar-refractivity contribution in [1.29, 1.82) is 0 Å². The smallest absolute Gasteiger partial charge is 0.335 e. The van der Waals surface area contributed by atoms with Gasteiger partial charge in [-0.05, 0) is 133 Å². The molecule has 0 saturated carbocycles. The first-order valence-electron chi connectivity index (χ1n) is 23.1. The van der Waals surface area contributed by atoms with E-state index in [0.29, 0.717) is 70.3 Å². The largest absolute Gasteiger partial charge is 0.505 e. The zero-order chi connectivity index (χ0) is 45.0. The van der Waals surface area contributed by atoms with E-state index in [1.54, 1.807) is 0 Å². The normalized spacial score (nSPS) is 11.5. The number of rotatable bonds is 24. The van der Waals surface area contributed by atoms with E-state index >= 15 is 0 Å². The molecule has 0 fully saturated rings. The Kier molecular flexibility index (Phi) is 15.4. The summed E-state index contributed by atoms with van der Waals surface area (Å²) in [6.07, 6.45) is 15.7. The fraction of sp³-hybridized carbons (Fsp3) is 0.385. The van der Waals surface area contributed by atoms with Crippen LogP contribution in [0.5, 0.6) is 11.5 Å². The molecule has 0 saturated heterocycles. The molecule has 2 aromatic heterocycles. The van der Waals surface area contributed by atoms with Gasteiger partial charge in [0.25, 0.3) is 0 Å². The molecule has 4 N–H and O–H groups in total. The summed E-state index contributed by atoms with van der Waals surface area (Å²) in [7, 11) is 0. The number of aryl methyl sites for hydroxylation is 4. The van der Waals surface area contributed by atoms with Crippen LogP contribution in [0.3, 0.4) is 0 Å². The van der Waals surface area contributed by atoms with Gasteiger partial charge in [-0.15, -0.1) is 30.0 Å². The van der Waals surface area contributed by atoms with Gasteiger partial charge in [-0.25, -0.2) is 9.59 Å². The lowest BCUT2D eigenvalue weighted by atomic mass is 9.87. The van der Waals surface area contributed by atoms with Crippen molar-refractivity contribution in [1.82, 2.24) is 30.0 Å². The summed E-state index contributed by atoms with van der Waals surface area (Å²) in [6.45, 7) is 4.39. The predicted octanol–water partition coefficient (Wildman–Crippen LogP) is 11.3. The first kappa shape index (κ1) is 45.5. The maximum Gasteiger partial charge on any atom is 0.335 e. The maximum atomic E-state index is 12.9. The molecule has 0 aliphatic carbocycles.